The van der Waals surface area contributed by atoms with Crippen molar-refractivity contribution in [3.05, 3.63) is 58.6 Å². The topological polar surface area (TPSA) is 76.7 Å². The number of hydrogen-bond acceptors (Lipinski definition) is 5. The average molecular weight is 419 g/mol. The third kappa shape index (κ3) is 5.68. The van der Waals surface area contributed by atoms with Gasteiger partial charge in [0.15, 0.2) is 11.5 Å². The van der Waals surface area contributed by atoms with Gasteiger partial charge in [0.1, 0.15) is 13.2 Å². The van der Waals surface area contributed by atoms with Crippen LogP contribution in [0.5, 0.6) is 11.5 Å². The molecule has 2 aromatic carbocycles. The first-order chi connectivity index (χ1) is 13.5. The van der Waals surface area contributed by atoms with E-state index in [9.17, 15) is 9.59 Å². The first kappa shape index (κ1) is 20.1. The number of amides is 2. The fraction of sp³-hybridized carbons (Fsp3) is 0.200. The van der Waals surface area contributed by atoms with Gasteiger partial charge in [-0.25, -0.2) is 0 Å². The largest absolute Gasteiger partial charge is 0.486 e. The number of carbonyl (C=O) groups is 2. The zero-order valence-corrected chi connectivity index (χ0v) is 16.7. The van der Waals surface area contributed by atoms with Crippen molar-refractivity contribution in [1.82, 2.24) is 10.9 Å². The molecule has 0 saturated heterocycles. The predicted octanol–water partition coefficient (Wildman–Crippen LogP) is 3.37. The molecule has 28 heavy (non-hydrogen) atoms. The maximum absolute atomic E-state index is 11.9. The Morgan fingerprint density at radius 1 is 1.14 bits per heavy atom. The molecule has 0 aromatic heterocycles. The minimum atomic E-state index is -0.459. The van der Waals surface area contributed by atoms with Crippen LogP contribution in [0.4, 0.5) is 0 Å². The standard InChI is InChI=1S/C20H19ClN2O4S/c1-13-2-5-15(6-3-13)28-12-19(25)23-22-18(24)7-4-14-10-16(21)20-17(11-14)26-8-9-27-20/h2-7,10-11H,8-9,12H2,1H3,(H,22,24)(H,23,25)/b7-4+. The predicted molar refractivity (Wildman–Crippen MR) is 110 cm³/mol. The van der Waals surface area contributed by atoms with Crippen molar-refractivity contribution in [2.24, 2.45) is 0 Å². The van der Waals surface area contributed by atoms with Crippen LogP contribution in [0.1, 0.15) is 11.1 Å². The first-order valence-corrected chi connectivity index (χ1v) is 9.93. The number of aryl methyl sites for hydroxylation is 1. The van der Waals surface area contributed by atoms with E-state index in [0.29, 0.717) is 35.3 Å². The van der Waals surface area contributed by atoms with Gasteiger partial charge in [-0.2, -0.15) is 0 Å². The quantitative estimate of drug-likeness (QED) is 0.442. The Labute approximate surface area is 172 Å². The first-order valence-electron chi connectivity index (χ1n) is 8.57. The molecule has 6 nitrogen and oxygen atoms in total. The normalized spacial score (nSPS) is 12.6. The summed E-state index contributed by atoms with van der Waals surface area (Å²) in [5.41, 5.74) is 6.57. The lowest BCUT2D eigenvalue weighted by molar-refractivity contribution is -0.125. The summed E-state index contributed by atoms with van der Waals surface area (Å²) in [5.74, 6) is 0.493. The fourth-order valence-corrected chi connectivity index (χ4v) is 3.36. The number of thioether (sulfide) groups is 1. The van der Waals surface area contributed by atoms with Crippen LogP contribution in [0.3, 0.4) is 0 Å². The molecule has 0 radical (unpaired) electrons. The molecule has 8 heteroatoms. The minimum absolute atomic E-state index is 0.199. The van der Waals surface area contributed by atoms with E-state index in [1.165, 1.54) is 17.8 Å². The second-order valence-corrected chi connectivity index (χ2v) is 7.46. The molecule has 1 aliphatic rings. The molecular formula is C20H19ClN2O4S. The van der Waals surface area contributed by atoms with Crippen LogP contribution in [-0.4, -0.2) is 30.8 Å². The minimum Gasteiger partial charge on any atom is -0.486 e. The molecule has 0 atom stereocenters. The van der Waals surface area contributed by atoms with Gasteiger partial charge in [0, 0.05) is 11.0 Å². The second kappa shape index (κ2) is 9.52. The maximum atomic E-state index is 11.9. The highest BCUT2D eigenvalue weighted by Crippen LogP contribution is 2.38. The van der Waals surface area contributed by atoms with Gasteiger partial charge in [-0.05, 0) is 42.8 Å². The summed E-state index contributed by atoms with van der Waals surface area (Å²) in [6.07, 6.45) is 2.88. The SMILES string of the molecule is Cc1ccc(SCC(=O)NNC(=O)/C=C/c2cc(Cl)c3c(c2)OCCO3)cc1. The van der Waals surface area contributed by atoms with Gasteiger partial charge in [0.25, 0.3) is 5.91 Å². The smallest absolute Gasteiger partial charge is 0.262 e. The third-order valence-electron chi connectivity index (χ3n) is 3.76. The lowest BCUT2D eigenvalue weighted by Gasteiger charge is -2.19. The zero-order chi connectivity index (χ0) is 19.9. The van der Waals surface area contributed by atoms with E-state index in [-0.39, 0.29) is 11.7 Å². The highest BCUT2D eigenvalue weighted by atomic mass is 35.5. The number of carbonyl (C=O) groups excluding carboxylic acids is 2. The number of rotatable bonds is 5. The van der Waals surface area contributed by atoms with Crippen molar-refractivity contribution >= 4 is 41.3 Å². The van der Waals surface area contributed by atoms with Gasteiger partial charge in [-0.15, -0.1) is 11.8 Å². The van der Waals surface area contributed by atoms with Crippen LogP contribution in [0.25, 0.3) is 6.08 Å². The van der Waals surface area contributed by atoms with E-state index in [0.717, 1.165) is 10.5 Å². The van der Waals surface area contributed by atoms with Gasteiger partial charge in [0.05, 0.1) is 10.8 Å². The van der Waals surface area contributed by atoms with E-state index in [1.807, 2.05) is 31.2 Å². The summed E-state index contributed by atoms with van der Waals surface area (Å²) in [5, 5.41) is 0.415. The van der Waals surface area contributed by atoms with E-state index < -0.39 is 5.91 Å². The summed E-state index contributed by atoms with van der Waals surface area (Å²) < 4.78 is 10.9. The lowest BCUT2D eigenvalue weighted by Crippen LogP contribution is -2.41. The highest BCUT2D eigenvalue weighted by molar-refractivity contribution is 8.00. The molecular weight excluding hydrogens is 400 g/mol. The van der Waals surface area contributed by atoms with Gasteiger partial charge in [0.2, 0.25) is 5.91 Å². The highest BCUT2D eigenvalue weighted by Gasteiger charge is 2.16. The fourth-order valence-electron chi connectivity index (χ4n) is 2.39. The molecule has 2 amide bonds. The average Bonchev–Trinajstić information content (AvgIpc) is 2.70. The van der Waals surface area contributed by atoms with Crippen molar-refractivity contribution in [3.8, 4) is 11.5 Å². The Morgan fingerprint density at radius 3 is 2.68 bits per heavy atom. The number of ether oxygens (including phenoxy) is 2. The second-order valence-electron chi connectivity index (χ2n) is 6.00. The molecule has 2 aromatic rings. The molecule has 146 valence electrons. The van der Waals surface area contributed by atoms with Crippen LogP contribution >= 0.6 is 23.4 Å². The van der Waals surface area contributed by atoms with Crippen molar-refractivity contribution in [2.75, 3.05) is 19.0 Å². The van der Waals surface area contributed by atoms with Crippen LogP contribution in [-0.2, 0) is 9.59 Å². The number of hydrogen-bond donors (Lipinski definition) is 2. The van der Waals surface area contributed by atoms with Gasteiger partial charge >= 0.3 is 0 Å². The van der Waals surface area contributed by atoms with E-state index in [2.05, 4.69) is 10.9 Å². The molecule has 1 heterocycles. The van der Waals surface area contributed by atoms with Crippen LogP contribution in [0.2, 0.25) is 5.02 Å². The van der Waals surface area contributed by atoms with Gasteiger partial charge < -0.3 is 9.47 Å². The van der Waals surface area contributed by atoms with Crippen molar-refractivity contribution < 1.29 is 19.1 Å². The van der Waals surface area contributed by atoms with Crippen LogP contribution < -0.4 is 20.3 Å². The molecule has 0 saturated carbocycles. The number of fused-ring (bicyclic) bond motifs is 1. The number of benzene rings is 2. The number of hydrazine groups is 1. The number of halogens is 1. The van der Waals surface area contributed by atoms with Crippen molar-refractivity contribution in [1.29, 1.82) is 0 Å². The lowest BCUT2D eigenvalue weighted by atomic mass is 10.1. The molecule has 3 rings (SSSR count). The molecule has 0 unspecified atom stereocenters. The number of nitrogens with one attached hydrogen (secondary N) is 2. The Bertz CT molecular complexity index is 900. The monoisotopic (exact) mass is 418 g/mol. The summed E-state index contributed by atoms with van der Waals surface area (Å²) in [6, 6.07) is 11.3. The Kier molecular flexibility index (Phi) is 6.84. The van der Waals surface area contributed by atoms with Crippen molar-refractivity contribution in [3.63, 3.8) is 0 Å². The van der Waals surface area contributed by atoms with E-state index in [4.69, 9.17) is 21.1 Å². The summed E-state index contributed by atoms with van der Waals surface area (Å²) in [7, 11) is 0. The Balaban J connectivity index is 1.46. The zero-order valence-electron chi connectivity index (χ0n) is 15.2. The summed E-state index contributed by atoms with van der Waals surface area (Å²) >= 11 is 7.55. The van der Waals surface area contributed by atoms with Crippen molar-refractivity contribution in [2.45, 2.75) is 11.8 Å². The van der Waals surface area contributed by atoms with Crippen LogP contribution in [0.15, 0.2) is 47.4 Å². The van der Waals surface area contributed by atoms with Gasteiger partial charge in [-0.3, -0.25) is 20.4 Å². The third-order valence-corrected chi connectivity index (χ3v) is 5.06. The summed E-state index contributed by atoms with van der Waals surface area (Å²) in [4.78, 5) is 24.7. The van der Waals surface area contributed by atoms with Crippen LogP contribution in [0, 0.1) is 6.92 Å². The molecule has 1 aliphatic heterocycles. The molecule has 0 spiro atoms. The van der Waals surface area contributed by atoms with E-state index in [1.54, 1.807) is 18.2 Å². The molecule has 2 N–H and O–H groups in total. The van der Waals surface area contributed by atoms with E-state index >= 15 is 0 Å². The van der Waals surface area contributed by atoms with Gasteiger partial charge in [-0.1, -0.05) is 29.3 Å². The summed E-state index contributed by atoms with van der Waals surface area (Å²) in [6.45, 7) is 2.90. The molecule has 0 aliphatic carbocycles. The Morgan fingerprint density at radius 2 is 1.89 bits per heavy atom. The maximum Gasteiger partial charge on any atom is 0.262 e. The Hall–Kier alpha value is -2.64. The molecule has 0 fully saturated rings. The molecule has 0 bridgehead atoms.